The first kappa shape index (κ1) is 27.6. The van der Waals surface area contributed by atoms with Gasteiger partial charge in [-0.25, -0.2) is 4.98 Å². The molecule has 1 saturated carbocycles. The molecule has 0 atom stereocenters. The Labute approximate surface area is 225 Å². The smallest absolute Gasteiger partial charge is 0.251 e. The highest BCUT2D eigenvalue weighted by atomic mass is 16.1. The van der Waals surface area contributed by atoms with E-state index in [1.54, 1.807) is 6.20 Å². The van der Waals surface area contributed by atoms with Crippen LogP contribution >= 0.6 is 0 Å². The Balaban J connectivity index is 1.97. The average Bonchev–Trinajstić information content (AvgIpc) is 3.28. The van der Waals surface area contributed by atoms with Crippen molar-refractivity contribution in [2.45, 2.75) is 71.9 Å². The molecule has 1 aliphatic rings. The molecule has 1 aliphatic carbocycles. The lowest BCUT2D eigenvalue weighted by Crippen LogP contribution is -2.43. The lowest BCUT2D eigenvalue weighted by atomic mass is 9.86. The summed E-state index contributed by atoms with van der Waals surface area (Å²) in [7, 11) is 6.25. The monoisotopic (exact) mass is 518 g/mol. The van der Waals surface area contributed by atoms with Gasteiger partial charge in [0.15, 0.2) is 0 Å². The SMILES string of the molecule is CCN(c1c(C)c(C(N)=O)cc(-c2nccn2C)c1Cc1c(C)cc(C)[nH]c1=O)C1CCC(N(C)C)CC1. The second kappa shape index (κ2) is 11.2. The van der Waals surface area contributed by atoms with Crippen molar-refractivity contribution in [3.63, 3.8) is 0 Å². The van der Waals surface area contributed by atoms with Gasteiger partial charge in [-0.1, -0.05) is 0 Å². The van der Waals surface area contributed by atoms with Crippen LogP contribution in [0.2, 0.25) is 0 Å². The number of nitrogens with two attached hydrogens (primary N) is 1. The molecule has 2 aromatic heterocycles. The lowest BCUT2D eigenvalue weighted by Gasteiger charge is -2.41. The molecule has 3 aromatic rings. The molecule has 0 radical (unpaired) electrons. The molecule has 0 unspecified atom stereocenters. The topological polar surface area (TPSA) is 100 Å². The molecule has 4 rings (SSSR count). The maximum atomic E-state index is 13.2. The number of nitrogens with zero attached hydrogens (tertiary/aromatic N) is 4. The van der Waals surface area contributed by atoms with Gasteiger partial charge in [-0.05, 0) is 96.3 Å². The van der Waals surface area contributed by atoms with Crippen molar-refractivity contribution in [1.82, 2.24) is 19.4 Å². The van der Waals surface area contributed by atoms with Crippen molar-refractivity contribution >= 4 is 11.6 Å². The number of benzene rings is 1. The van der Waals surface area contributed by atoms with E-state index in [0.717, 1.165) is 77.3 Å². The summed E-state index contributed by atoms with van der Waals surface area (Å²) in [5.74, 6) is 0.291. The van der Waals surface area contributed by atoms with Gasteiger partial charge in [-0.2, -0.15) is 0 Å². The summed E-state index contributed by atoms with van der Waals surface area (Å²) in [6.07, 6.45) is 8.47. The third-order valence-electron chi connectivity index (χ3n) is 8.30. The Kier molecular flexibility index (Phi) is 8.11. The minimum Gasteiger partial charge on any atom is -0.368 e. The zero-order chi connectivity index (χ0) is 27.7. The Bertz CT molecular complexity index is 1380. The summed E-state index contributed by atoms with van der Waals surface area (Å²) in [6, 6.07) is 4.80. The van der Waals surface area contributed by atoms with Gasteiger partial charge in [-0.3, -0.25) is 9.59 Å². The number of imidazole rings is 1. The number of carbonyl (C=O) groups excluding carboxylic acids is 1. The fraction of sp³-hybridized carbons (Fsp3) is 0.500. The van der Waals surface area contributed by atoms with Gasteiger partial charge in [0.2, 0.25) is 5.91 Å². The number of rotatable bonds is 8. The number of aromatic nitrogens is 3. The highest BCUT2D eigenvalue weighted by molar-refractivity contribution is 5.98. The van der Waals surface area contributed by atoms with E-state index < -0.39 is 5.91 Å². The molecule has 3 N–H and O–H groups in total. The van der Waals surface area contributed by atoms with Crippen LogP contribution in [0.5, 0.6) is 0 Å². The number of aryl methyl sites for hydroxylation is 3. The van der Waals surface area contributed by atoms with E-state index >= 15 is 0 Å². The number of aromatic amines is 1. The minimum atomic E-state index is -0.456. The van der Waals surface area contributed by atoms with Crippen LogP contribution in [0.1, 0.15) is 70.9 Å². The molecule has 0 spiro atoms. The summed E-state index contributed by atoms with van der Waals surface area (Å²) in [5, 5.41) is 0. The highest BCUT2D eigenvalue weighted by Crippen LogP contribution is 2.40. The third-order valence-corrected chi connectivity index (χ3v) is 8.30. The fourth-order valence-corrected chi connectivity index (χ4v) is 6.23. The predicted octanol–water partition coefficient (Wildman–Crippen LogP) is 4.09. The summed E-state index contributed by atoms with van der Waals surface area (Å²) >= 11 is 0. The first-order valence-corrected chi connectivity index (χ1v) is 13.6. The molecule has 204 valence electrons. The molecular weight excluding hydrogens is 476 g/mol. The van der Waals surface area contributed by atoms with E-state index in [2.05, 4.69) is 40.8 Å². The fourth-order valence-electron chi connectivity index (χ4n) is 6.23. The highest BCUT2D eigenvalue weighted by Gasteiger charge is 2.31. The van der Waals surface area contributed by atoms with E-state index in [1.165, 1.54) is 0 Å². The maximum Gasteiger partial charge on any atom is 0.251 e. The summed E-state index contributed by atoms with van der Waals surface area (Å²) in [6.45, 7) is 8.83. The molecule has 8 heteroatoms. The zero-order valence-corrected chi connectivity index (χ0v) is 23.9. The largest absolute Gasteiger partial charge is 0.368 e. The molecule has 2 heterocycles. The van der Waals surface area contributed by atoms with Crippen LogP contribution in [0.3, 0.4) is 0 Å². The van der Waals surface area contributed by atoms with Crippen LogP contribution < -0.4 is 16.2 Å². The van der Waals surface area contributed by atoms with Gasteiger partial charge in [0.25, 0.3) is 5.56 Å². The molecular formula is C30H42N6O2. The van der Waals surface area contributed by atoms with Crippen molar-refractivity contribution in [3.8, 4) is 11.4 Å². The molecule has 0 saturated heterocycles. The van der Waals surface area contributed by atoms with Crippen molar-refractivity contribution in [2.24, 2.45) is 12.8 Å². The third kappa shape index (κ3) is 5.27. The predicted molar refractivity (Wildman–Crippen MR) is 154 cm³/mol. The molecule has 1 fully saturated rings. The van der Waals surface area contributed by atoms with E-state index in [-0.39, 0.29) is 5.56 Å². The van der Waals surface area contributed by atoms with E-state index in [1.807, 2.05) is 50.7 Å². The molecule has 1 aromatic carbocycles. The number of primary amides is 1. The van der Waals surface area contributed by atoms with Gasteiger partial charge in [-0.15, -0.1) is 0 Å². The summed E-state index contributed by atoms with van der Waals surface area (Å²) < 4.78 is 1.95. The van der Waals surface area contributed by atoms with Crippen molar-refractivity contribution < 1.29 is 4.79 Å². The molecule has 0 aliphatic heterocycles. The number of anilines is 1. The number of pyridine rings is 1. The number of hydrogen-bond donors (Lipinski definition) is 2. The Hall–Kier alpha value is -3.39. The van der Waals surface area contributed by atoms with Crippen LogP contribution in [0.25, 0.3) is 11.4 Å². The Morgan fingerprint density at radius 3 is 2.29 bits per heavy atom. The molecule has 8 nitrogen and oxygen atoms in total. The lowest BCUT2D eigenvalue weighted by molar-refractivity contribution is 0.0999. The first-order valence-electron chi connectivity index (χ1n) is 13.6. The first-order chi connectivity index (χ1) is 18.0. The normalized spacial score (nSPS) is 17.7. The Morgan fingerprint density at radius 2 is 1.76 bits per heavy atom. The number of carbonyl (C=O) groups is 1. The number of hydrogen-bond acceptors (Lipinski definition) is 5. The number of H-pyrrole nitrogens is 1. The zero-order valence-electron chi connectivity index (χ0n) is 23.9. The van der Waals surface area contributed by atoms with Gasteiger partial charge >= 0.3 is 0 Å². The van der Waals surface area contributed by atoms with Crippen LogP contribution in [0.4, 0.5) is 5.69 Å². The number of nitrogens with one attached hydrogen (secondary N) is 1. The second-order valence-electron chi connectivity index (χ2n) is 11.0. The van der Waals surface area contributed by atoms with Gasteiger partial charge < -0.3 is 25.1 Å². The van der Waals surface area contributed by atoms with Crippen molar-refractivity contribution in [2.75, 3.05) is 25.5 Å². The van der Waals surface area contributed by atoms with Gasteiger partial charge in [0.1, 0.15) is 5.82 Å². The van der Waals surface area contributed by atoms with Crippen molar-refractivity contribution in [3.05, 3.63) is 68.4 Å². The van der Waals surface area contributed by atoms with Crippen LogP contribution in [0.15, 0.2) is 29.3 Å². The van der Waals surface area contributed by atoms with Crippen LogP contribution in [0, 0.1) is 20.8 Å². The standard InChI is InChI=1S/C30H42N6O2/c1-8-36(22-11-9-21(10-12-22)34(5)6)27-20(4)24(28(31)37)17-26(29-32-13-14-35(29)7)25(27)16-23-18(2)15-19(3)33-30(23)38/h13-15,17,21-22H,8-12,16H2,1-7H3,(H2,31,37)(H,33,38). The minimum absolute atomic E-state index is 0.0783. The van der Waals surface area contributed by atoms with Crippen LogP contribution in [-0.4, -0.2) is 58.1 Å². The summed E-state index contributed by atoms with van der Waals surface area (Å²) in [5.41, 5.74) is 12.6. The van der Waals surface area contributed by atoms with E-state index in [0.29, 0.717) is 24.1 Å². The van der Waals surface area contributed by atoms with Crippen LogP contribution in [-0.2, 0) is 13.5 Å². The van der Waals surface area contributed by atoms with Gasteiger partial charge in [0.05, 0.1) is 0 Å². The van der Waals surface area contributed by atoms with E-state index in [9.17, 15) is 9.59 Å². The van der Waals surface area contributed by atoms with E-state index in [4.69, 9.17) is 5.73 Å². The summed E-state index contributed by atoms with van der Waals surface area (Å²) in [4.78, 5) is 38.3. The van der Waals surface area contributed by atoms with Crippen molar-refractivity contribution in [1.29, 1.82) is 0 Å². The Morgan fingerprint density at radius 1 is 1.11 bits per heavy atom. The maximum absolute atomic E-state index is 13.2. The second-order valence-corrected chi connectivity index (χ2v) is 11.0. The molecule has 38 heavy (non-hydrogen) atoms. The van der Waals surface area contributed by atoms with Gasteiger partial charge in [0, 0.05) is 72.6 Å². The number of amides is 1. The molecule has 0 bridgehead atoms. The molecule has 1 amide bonds. The average molecular weight is 519 g/mol. The quantitative estimate of drug-likeness (QED) is 0.468.